The number of amides is 2. The molecule has 6 heteroatoms. The first-order valence-corrected chi connectivity index (χ1v) is 6.99. The molecule has 0 atom stereocenters. The van der Waals surface area contributed by atoms with Crippen LogP contribution in [0, 0.1) is 0 Å². The molecule has 2 aromatic carbocycles. The van der Waals surface area contributed by atoms with Gasteiger partial charge in [-0.1, -0.05) is 30.3 Å². The number of methoxy groups -OCH3 is 2. The van der Waals surface area contributed by atoms with Crippen molar-refractivity contribution in [2.75, 3.05) is 19.5 Å². The average molecular weight is 314 g/mol. The Balaban J connectivity index is 1.99. The van der Waals surface area contributed by atoms with E-state index in [1.54, 1.807) is 18.2 Å². The Morgan fingerprint density at radius 2 is 1.70 bits per heavy atom. The molecule has 6 nitrogen and oxygen atoms in total. The fourth-order valence-electron chi connectivity index (χ4n) is 1.95. The Kier molecular flexibility index (Phi) is 5.57. The number of carbonyl (C=O) groups is 2. The van der Waals surface area contributed by atoms with E-state index in [0.717, 1.165) is 5.56 Å². The maximum Gasteiger partial charge on any atom is 0.313 e. The van der Waals surface area contributed by atoms with Crippen molar-refractivity contribution < 1.29 is 19.1 Å². The Hall–Kier alpha value is -3.02. The number of hydrogen-bond donors (Lipinski definition) is 2. The van der Waals surface area contributed by atoms with E-state index >= 15 is 0 Å². The van der Waals surface area contributed by atoms with Crippen LogP contribution in [0.2, 0.25) is 0 Å². The molecular formula is C17H18N2O4. The van der Waals surface area contributed by atoms with Crippen molar-refractivity contribution in [2.24, 2.45) is 0 Å². The fourth-order valence-corrected chi connectivity index (χ4v) is 1.95. The SMILES string of the molecule is COc1ccc(OC)c(NC(=O)C(=O)NCc2ccccc2)c1. The lowest BCUT2D eigenvalue weighted by atomic mass is 10.2. The summed E-state index contributed by atoms with van der Waals surface area (Å²) in [6.45, 7) is 0.280. The number of carbonyl (C=O) groups excluding carboxylic acids is 2. The van der Waals surface area contributed by atoms with Gasteiger partial charge in [-0.25, -0.2) is 0 Å². The quantitative estimate of drug-likeness (QED) is 0.827. The zero-order valence-corrected chi connectivity index (χ0v) is 13.0. The molecule has 2 amide bonds. The Morgan fingerprint density at radius 3 is 2.35 bits per heavy atom. The predicted molar refractivity (Wildman–Crippen MR) is 86.5 cm³/mol. The zero-order chi connectivity index (χ0) is 16.7. The van der Waals surface area contributed by atoms with Crippen molar-refractivity contribution in [2.45, 2.75) is 6.54 Å². The minimum absolute atomic E-state index is 0.280. The van der Waals surface area contributed by atoms with Gasteiger partial charge in [0, 0.05) is 12.6 Å². The van der Waals surface area contributed by atoms with Gasteiger partial charge in [0.05, 0.1) is 19.9 Å². The third-order valence-corrected chi connectivity index (χ3v) is 3.16. The molecule has 0 aliphatic heterocycles. The second kappa shape index (κ2) is 7.84. The van der Waals surface area contributed by atoms with Crippen molar-refractivity contribution in [1.82, 2.24) is 5.32 Å². The lowest BCUT2D eigenvalue weighted by molar-refractivity contribution is -0.136. The normalized spacial score (nSPS) is 9.83. The molecule has 0 radical (unpaired) electrons. The van der Waals surface area contributed by atoms with E-state index in [2.05, 4.69) is 10.6 Å². The molecule has 0 saturated heterocycles. The molecular weight excluding hydrogens is 296 g/mol. The molecule has 2 aromatic rings. The number of ether oxygens (including phenoxy) is 2. The van der Waals surface area contributed by atoms with E-state index in [9.17, 15) is 9.59 Å². The average Bonchev–Trinajstić information content (AvgIpc) is 2.60. The van der Waals surface area contributed by atoms with E-state index in [1.807, 2.05) is 30.3 Å². The Morgan fingerprint density at radius 1 is 0.957 bits per heavy atom. The molecule has 0 fully saturated rings. The van der Waals surface area contributed by atoms with Crippen molar-refractivity contribution in [3.8, 4) is 11.5 Å². The van der Waals surface area contributed by atoms with Gasteiger partial charge in [0.1, 0.15) is 11.5 Å². The van der Waals surface area contributed by atoms with Gasteiger partial charge in [-0.2, -0.15) is 0 Å². The maximum atomic E-state index is 12.0. The topological polar surface area (TPSA) is 76.7 Å². The summed E-state index contributed by atoms with van der Waals surface area (Å²) in [5.74, 6) is -0.507. The molecule has 0 unspecified atom stereocenters. The summed E-state index contributed by atoms with van der Waals surface area (Å²) in [6.07, 6.45) is 0. The highest BCUT2D eigenvalue weighted by Crippen LogP contribution is 2.28. The van der Waals surface area contributed by atoms with Crippen LogP contribution >= 0.6 is 0 Å². The summed E-state index contributed by atoms with van der Waals surface area (Å²) >= 11 is 0. The monoisotopic (exact) mass is 314 g/mol. The zero-order valence-electron chi connectivity index (χ0n) is 13.0. The van der Waals surface area contributed by atoms with Crippen LogP contribution in [0.3, 0.4) is 0 Å². The summed E-state index contributed by atoms with van der Waals surface area (Å²) in [4.78, 5) is 23.9. The van der Waals surface area contributed by atoms with Crippen molar-refractivity contribution in [1.29, 1.82) is 0 Å². The molecule has 0 saturated carbocycles. The van der Waals surface area contributed by atoms with Crippen LogP contribution in [0.1, 0.15) is 5.56 Å². The van der Waals surface area contributed by atoms with E-state index in [4.69, 9.17) is 9.47 Å². The molecule has 0 aliphatic carbocycles. The second-order valence-electron chi connectivity index (χ2n) is 4.69. The molecule has 0 spiro atoms. The fraction of sp³-hybridized carbons (Fsp3) is 0.176. The predicted octanol–water partition coefficient (Wildman–Crippen LogP) is 1.96. The van der Waals surface area contributed by atoms with Crippen LogP contribution in [0.5, 0.6) is 11.5 Å². The van der Waals surface area contributed by atoms with Gasteiger partial charge in [-0.05, 0) is 17.7 Å². The lowest BCUT2D eigenvalue weighted by Gasteiger charge is -2.11. The van der Waals surface area contributed by atoms with Gasteiger partial charge >= 0.3 is 11.8 Å². The van der Waals surface area contributed by atoms with Gasteiger partial charge in [0.25, 0.3) is 0 Å². The second-order valence-corrected chi connectivity index (χ2v) is 4.69. The summed E-state index contributed by atoms with van der Waals surface area (Å²) in [7, 11) is 2.99. The largest absolute Gasteiger partial charge is 0.497 e. The summed E-state index contributed by atoms with van der Waals surface area (Å²) in [6, 6.07) is 14.3. The van der Waals surface area contributed by atoms with E-state index < -0.39 is 11.8 Å². The van der Waals surface area contributed by atoms with Crippen LogP contribution in [0.25, 0.3) is 0 Å². The van der Waals surface area contributed by atoms with Gasteiger partial charge < -0.3 is 20.1 Å². The number of hydrogen-bond acceptors (Lipinski definition) is 4. The lowest BCUT2D eigenvalue weighted by Crippen LogP contribution is -2.35. The third-order valence-electron chi connectivity index (χ3n) is 3.16. The summed E-state index contributed by atoms with van der Waals surface area (Å²) in [5, 5.41) is 5.08. The first-order valence-electron chi connectivity index (χ1n) is 6.99. The van der Waals surface area contributed by atoms with E-state index in [-0.39, 0.29) is 6.54 Å². The highest BCUT2D eigenvalue weighted by Gasteiger charge is 2.16. The standard InChI is InChI=1S/C17H18N2O4/c1-22-13-8-9-15(23-2)14(10-13)19-17(21)16(20)18-11-12-6-4-3-5-7-12/h3-10H,11H2,1-2H3,(H,18,20)(H,19,21). The Bertz CT molecular complexity index is 686. The molecule has 120 valence electrons. The minimum atomic E-state index is -0.771. The third kappa shape index (κ3) is 4.47. The van der Waals surface area contributed by atoms with Crippen LogP contribution in [-0.2, 0) is 16.1 Å². The smallest absolute Gasteiger partial charge is 0.313 e. The van der Waals surface area contributed by atoms with Crippen LogP contribution in [0.15, 0.2) is 48.5 Å². The maximum absolute atomic E-state index is 12.0. The van der Waals surface area contributed by atoms with Crippen LogP contribution in [-0.4, -0.2) is 26.0 Å². The Labute approximate surface area is 134 Å². The highest BCUT2D eigenvalue weighted by atomic mass is 16.5. The molecule has 0 bridgehead atoms. The molecule has 23 heavy (non-hydrogen) atoms. The number of nitrogens with one attached hydrogen (secondary N) is 2. The highest BCUT2D eigenvalue weighted by molar-refractivity contribution is 6.39. The number of benzene rings is 2. The van der Waals surface area contributed by atoms with E-state index in [0.29, 0.717) is 17.2 Å². The summed E-state index contributed by atoms with van der Waals surface area (Å²) in [5.41, 5.74) is 1.28. The van der Waals surface area contributed by atoms with E-state index in [1.165, 1.54) is 14.2 Å². The van der Waals surface area contributed by atoms with Gasteiger partial charge in [0.2, 0.25) is 0 Å². The van der Waals surface area contributed by atoms with Crippen molar-refractivity contribution in [3.05, 3.63) is 54.1 Å². The first-order chi connectivity index (χ1) is 11.1. The molecule has 2 N–H and O–H groups in total. The van der Waals surface area contributed by atoms with Gasteiger partial charge in [-0.15, -0.1) is 0 Å². The minimum Gasteiger partial charge on any atom is -0.497 e. The first kappa shape index (κ1) is 16.4. The van der Waals surface area contributed by atoms with Crippen LogP contribution in [0.4, 0.5) is 5.69 Å². The number of anilines is 1. The molecule has 0 heterocycles. The van der Waals surface area contributed by atoms with Crippen molar-refractivity contribution in [3.63, 3.8) is 0 Å². The van der Waals surface area contributed by atoms with Gasteiger partial charge in [-0.3, -0.25) is 9.59 Å². The summed E-state index contributed by atoms with van der Waals surface area (Å²) < 4.78 is 10.2. The molecule has 2 rings (SSSR count). The van der Waals surface area contributed by atoms with Crippen molar-refractivity contribution >= 4 is 17.5 Å². The molecule has 0 aromatic heterocycles. The molecule has 0 aliphatic rings. The number of rotatable bonds is 5. The van der Waals surface area contributed by atoms with Crippen LogP contribution < -0.4 is 20.1 Å². The van der Waals surface area contributed by atoms with Gasteiger partial charge in [0.15, 0.2) is 0 Å².